The highest BCUT2D eigenvalue weighted by molar-refractivity contribution is 6.27. The number of rotatable bonds is 2. The Hall–Kier alpha value is -5.36. The zero-order valence-corrected chi connectivity index (χ0v) is 22.3. The topological polar surface area (TPSA) is 77.3 Å². The molecular weight excluding hydrogens is 512 g/mol. The number of fused-ring (bicyclic) bond motifs is 15. The number of carbonyl (C=O) groups is 2. The Balaban J connectivity index is 1.74. The Morgan fingerprint density at radius 2 is 0.902 bits per heavy atom. The number of hydrogen-bond acceptors (Lipinski definition) is 6. The van der Waals surface area contributed by atoms with Gasteiger partial charge in [0, 0.05) is 11.1 Å². The molecule has 0 atom stereocenters. The van der Waals surface area contributed by atoms with Crippen LogP contribution in [0.2, 0.25) is 0 Å². The van der Waals surface area contributed by atoms with E-state index in [4.69, 9.17) is 14.6 Å². The van der Waals surface area contributed by atoms with Gasteiger partial charge in [0.2, 0.25) is 0 Å². The predicted molar refractivity (Wildman–Crippen MR) is 159 cm³/mol. The van der Waals surface area contributed by atoms with Crippen molar-refractivity contribution >= 4 is 55.0 Å². The van der Waals surface area contributed by atoms with Crippen molar-refractivity contribution in [2.24, 2.45) is 10.2 Å². The van der Waals surface area contributed by atoms with Crippen molar-refractivity contribution in [3.8, 4) is 11.1 Å². The smallest absolute Gasteiger partial charge is 0.359 e. The number of esters is 2. The Morgan fingerprint density at radius 3 is 1.32 bits per heavy atom. The largest absolute Gasteiger partial charge is 0.466 e. The predicted octanol–water partition coefficient (Wildman–Crippen LogP) is 7.59. The molecule has 6 aromatic rings. The minimum Gasteiger partial charge on any atom is -0.466 e. The van der Waals surface area contributed by atoms with Crippen LogP contribution in [0.5, 0.6) is 0 Å². The Kier molecular flexibility index (Phi) is 4.77. The van der Waals surface area contributed by atoms with E-state index in [-0.39, 0.29) is 11.3 Å². The molecule has 0 saturated heterocycles. The van der Waals surface area contributed by atoms with Gasteiger partial charge in [0.1, 0.15) is 5.57 Å². The van der Waals surface area contributed by atoms with Crippen molar-refractivity contribution in [1.82, 2.24) is 0 Å². The number of carbonyl (C=O) groups excluding carboxylic acids is 2. The molecule has 0 unspecified atom stereocenters. The highest BCUT2D eigenvalue weighted by atomic mass is 16.5. The summed E-state index contributed by atoms with van der Waals surface area (Å²) in [5.74, 6) is -1.42. The molecule has 41 heavy (non-hydrogen) atoms. The summed E-state index contributed by atoms with van der Waals surface area (Å²) in [6.45, 7) is 0. The Bertz CT molecular complexity index is 2100. The van der Waals surface area contributed by atoms with Crippen molar-refractivity contribution in [3.63, 3.8) is 0 Å². The van der Waals surface area contributed by atoms with Gasteiger partial charge in [-0.25, -0.2) is 9.59 Å². The van der Waals surface area contributed by atoms with Crippen LogP contribution in [-0.2, 0) is 24.6 Å². The second-order valence-corrected chi connectivity index (χ2v) is 10.3. The summed E-state index contributed by atoms with van der Waals surface area (Å²) in [6, 6.07) is 32.9. The molecule has 0 fully saturated rings. The van der Waals surface area contributed by atoms with Crippen LogP contribution in [0.3, 0.4) is 0 Å². The molecule has 0 saturated carbocycles. The Morgan fingerprint density at radius 1 is 0.537 bits per heavy atom. The van der Waals surface area contributed by atoms with Gasteiger partial charge in [-0.05, 0) is 54.2 Å². The van der Waals surface area contributed by atoms with Crippen LogP contribution >= 0.6 is 0 Å². The van der Waals surface area contributed by atoms with Crippen LogP contribution in [0, 0.1) is 0 Å². The fourth-order valence-corrected chi connectivity index (χ4v) is 7.01. The maximum absolute atomic E-state index is 13.8. The molecule has 0 bridgehead atoms. The van der Waals surface area contributed by atoms with Gasteiger partial charge in [-0.2, -0.15) is 5.11 Å². The number of benzene rings is 6. The van der Waals surface area contributed by atoms with Crippen LogP contribution in [0.25, 0.3) is 54.2 Å². The SMILES string of the molecule is COC(=O)C1=C(C(=O)OC)C2(N=N1)c1c(c3ccccc3c3ccccc13)-c1c2c2ccccc2c2ccccc12. The standard InChI is InChI=1S/C35H22N2O4/c1-40-33(38)31-32(34(39)41-2)36-37-35(31)29-25-17-9-5-13-21(25)19-11-3-7-15-23(19)27(29)28-24-16-8-4-12-20(24)22-14-6-10-18-26(22)30(28)35/h3-18H,1-2H3. The number of azo groups is 1. The van der Waals surface area contributed by atoms with Gasteiger partial charge in [-0.15, -0.1) is 5.11 Å². The molecule has 6 heteroatoms. The highest BCUT2D eigenvalue weighted by Crippen LogP contribution is 2.63. The van der Waals surface area contributed by atoms with Crippen LogP contribution in [0.15, 0.2) is 119 Å². The summed E-state index contributed by atoms with van der Waals surface area (Å²) >= 11 is 0. The molecule has 196 valence electrons. The molecule has 1 aliphatic carbocycles. The highest BCUT2D eigenvalue weighted by Gasteiger charge is 2.57. The van der Waals surface area contributed by atoms with E-state index < -0.39 is 17.5 Å². The number of ether oxygens (including phenoxy) is 2. The lowest BCUT2D eigenvalue weighted by molar-refractivity contribution is -0.139. The maximum Gasteiger partial charge on any atom is 0.359 e. The quantitative estimate of drug-likeness (QED) is 0.169. The molecule has 2 aliphatic rings. The summed E-state index contributed by atoms with van der Waals surface area (Å²) in [6.07, 6.45) is 0. The third kappa shape index (κ3) is 2.81. The van der Waals surface area contributed by atoms with Crippen molar-refractivity contribution in [1.29, 1.82) is 0 Å². The number of hydrogen-bond donors (Lipinski definition) is 0. The van der Waals surface area contributed by atoms with E-state index in [0.717, 1.165) is 65.3 Å². The lowest BCUT2D eigenvalue weighted by atomic mass is 9.76. The first kappa shape index (κ1) is 23.5. The summed E-state index contributed by atoms with van der Waals surface area (Å²) in [7, 11) is 2.58. The van der Waals surface area contributed by atoms with Gasteiger partial charge in [-0.1, -0.05) is 97.1 Å². The monoisotopic (exact) mass is 534 g/mol. The first-order chi connectivity index (χ1) is 20.1. The van der Waals surface area contributed by atoms with E-state index in [9.17, 15) is 9.59 Å². The number of nitrogens with zero attached hydrogens (tertiary/aromatic N) is 2. The van der Waals surface area contributed by atoms with Crippen LogP contribution in [-0.4, -0.2) is 26.2 Å². The van der Waals surface area contributed by atoms with E-state index in [1.807, 2.05) is 48.5 Å². The molecule has 1 spiro atoms. The van der Waals surface area contributed by atoms with Gasteiger partial charge in [0.25, 0.3) is 0 Å². The van der Waals surface area contributed by atoms with Crippen LogP contribution in [0.4, 0.5) is 0 Å². The van der Waals surface area contributed by atoms with Crippen molar-refractivity contribution in [2.45, 2.75) is 5.54 Å². The fraction of sp³-hybridized carbons (Fsp3) is 0.0857. The van der Waals surface area contributed by atoms with Crippen molar-refractivity contribution in [2.75, 3.05) is 14.2 Å². The summed E-state index contributed by atoms with van der Waals surface area (Å²) in [5, 5.41) is 17.5. The van der Waals surface area contributed by atoms with Crippen molar-refractivity contribution in [3.05, 3.63) is 119 Å². The zero-order valence-electron chi connectivity index (χ0n) is 22.3. The zero-order chi connectivity index (χ0) is 27.9. The van der Waals surface area contributed by atoms with Gasteiger partial charge >= 0.3 is 11.9 Å². The summed E-state index contributed by atoms with van der Waals surface area (Å²) in [4.78, 5) is 26.9. The average molecular weight is 535 g/mol. The third-order valence-electron chi connectivity index (χ3n) is 8.51. The van der Waals surface area contributed by atoms with Crippen molar-refractivity contribution < 1.29 is 19.1 Å². The second kappa shape index (κ2) is 8.32. The summed E-state index contributed by atoms with van der Waals surface area (Å²) in [5.41, 5.74) is 2.05. The lowest BCUT2D eigenvalue weighted by Crippen LogP contribution is -2.30. The molecule has 8 rings (SSSR count). The van der Waals surface area contributed by atoms with E-state index in [1.54, 1.807) is 0 Å². The Labute approximate surface area is 234 Å². The average Bonchev–Trinajstić information content (AvgIpc) is 3.58. The second-order valence-electron chi connectivity index (χ2n) is 10.3. The molecule has 6 nitrogen and oxygen atoms in total. The molecular formula is C35H22N2O4. The maximum atomic E-state index is 13.8. The van der Waals surface area contributed by atoms with E-state index in [1.165, 1.54) is 14.2 Å². The minimum atomic E-state index is -1.44. The molecule has 0 N–H and O–H groups in total. The van der Waals surface area contributed by atoms with E-state index in [0.29, 0.717) is 0 Å². The van der Waals surface area contributed by atoms with Crippen LogP contribution < -0.4 is 0 Å². The van der Waals surface area contributed by atoms with Gasteiger partial charge < -0.3 is 9.47 Å². The normalized spacial score (nSPS) is 14.8. The molecule has 6 aromatic carbocycles. The molecule has 1 heterocycles. The summed E-state index contributed by atoms with van der Waals surface area (Å²) < 4.78 is 10.4. The fourth-order valence-electron chi connectivity index (χ4n) is 7.01. The lowest BCUT2D eigenvalue weighted by Gasteiger charge is -2.27. The molecule has 0 aromatic heterocycles. The number of methoxy groups -OCH3 is 2. The molecule has 0 amide bonds. The minimum absolute atomic E-state index is 0.0627. The first-order valence-corrected chi connectivity index (χ1v) is 13.3. The van der Waals surface area contributed by atoms with Crippen LogP contribution in [0.1, 0.15) is 11.1 Å². The molecule has 0 radical (unpaired) electrons. The first-order valence-electron chi connectivity index (χ1n) is 13.3. The van der Waals surface area contributed by atoms with Gasteiger partial charge in [0.05, 0.1) is 14.2 Å². The van der Waals surface area contributed by atoms with E-state index in [2.05, 4.69) is 53.6 Å². The molecule has 1 aliphatic heterocycles. The third-order valence-corrected chi connectivity index (χ3v) is 8.51. The van der Waals surface area contributed by atoms with E-state index >= 15 is 0 Å². The van der Waals surface area contributed by atoms with Gasteiger partial charge in [-0.3, -0.25) is 0 Å². The van der Waals surface area contributed by atoms with Gasteiger partial charge in [0.15, 0.2) is 11.2 Å².